The highest BCUT2D eigenvalue weighted by atomic mass is 79.9. The Balaban J connectivity index is 1.30. The Morgan fingerprint density at radius 3 is 2.17 bits per heavy atom. The maximum atomic E-state index is 13.2. The second-order valence-corrected chi connectivity index (χ2v) is 12.4. The smallest absolute Gasteiger partial charge is 0.410 e. The number of halogens is 2. The van der Waals surface area contributed by atoms with E-state index in [1.165, 1.54) is 17.2 Å². The Bertz CT molecular complexity index is 1340. The summed E-state index contributed by atoms with van der Waals surface area (Å²) in [5.41, 5.74) is -1.51. The number of nitrogens with one attached hydrogen (secondary N) is 1. The summed E-state index contributed by atoms with van der Waals surface area (Å²) in [6.45, 7) is 6.83. The van der Waals surface area contributed by atoms with Crippen LogP contribution < -0.4 is 5.32 Å². The zero-order valence-electron chi connectivity index (χ0n) is 23.4. The summed E-state index contributed by atoms with van der Waals surface area (Å²) in [4.78, 5) is 60.0. The molecular formula is C27H34BrClN6O6. The standard InChI is InChI=1S/C27H34BrClN6O6/c1-26(2,3)41-25(39)35-9-7-27(40,8-10-35)24(38)34-13-11-33(12-14-34)23(37)18-6-5-17(15-19(18)29)31-22(36)21-30-16-20(28)32(21)4/h5-6,15-16,40H,7-14H2,1-4H3,(H,31,36). The molecule has 14 heteroatoms. The number of carbonyl (C=O) groups excluding carboxylic acids is 4. The van der Waals surface area contributed by atoms with Gasteiger partial charge in [-0.25, -0.2) is 9.78 Å². The first-order valence-electron chi connectivity index (χ1n) is 13.3. The molecule has 0 radical (unpaired) electrons. The van der Waals surface area contributed by atoms with Crippen LogP contribution in [0.25, 0.3) is 0 Å². The Labute approximate surface area is 251 Å². The van der Waals surface area contributed by atoms with Crippen LogP contribution in [0.4, 0.5) is 10.5 Å². The number of rotatable bonds is 4. The first-order valence-corrected chi connectivity index (χ1v) is 14.4. The van der Waals surface area contributed by atoms with Crippen LogP contribution in [0, 0.1) is 0 Å². The van der Waals surface area contributed by atoms with E-state index in [1.54, 1.807) is 54.3 Å². The van der Waals surface area contributed by atoms with Crippen molar-refractivity contribution in [1.82, 2.24) is 24.3 Å². The van der Waals surface area contributed by atoms with Crippen molar-refractivity contribution in [3.05, 3.63) is 45.4 Å². The lowest BCUT2D eigenvalue weighted by Gasteiger charge is -2.42. The minimum absolute atomic E-state index is 0.111. The highest BCUT2D eigenvalue weighted by Crippen LogP contribution is 2.28. The number of nitrogens with zero attached hydrogens (tertiary/aromatic N) is 5. The zero-order valence-corrected chi connectivity index (χ0v) is 25.8. The maximum absolute atomic E-state index is 13.2. The van der Waals surface area contributed by atoms with Crippen molar-refractivity contribution < 1.29 is 29.0 Å². The first kappa shape index (κ1) is 30.8. The lowest BCUT2D eigenvalue weighted by Crippen LogP contribution is -2.59. The molecule has 0 unspecified atom stereocenters. The largest absolute Gasteiger partial charge is 0.444 e. The molecule has 222 valence electrons. The molecule has 2 aliphatic rings. The highest BCUT2D eigenvalue weighted by molar-refractivity contribution is 9.10. The van der Waals surface area contributed by atoms with Gasteiger partial charge in [-0.3, -0.25) is 14.4 Å². The number of benzene rings is 1. The van der Waals surface area contributed by atoms with Crippen LogP contribution in [0.5, 0.6) is 0 Å². The molecule has 41 heavy (non-hydrogen) atoms. The SMILES string of the molecule is Cn1c(Br)cnc1C(=O)Nc1ccc(C(=O)N2CCN(C(=O)C3(O)CCN(C(=O)OC(C)(C)C)CC3)CC2)c(Cl)c1. The molecule has 0 spiro atoms. The van der Waals surface area contributed by atoms with Gasteiger partial charge >= 0.3 is 6.09 Å². The van der Waals surface area contributed by atoms with E-state index in [0.29, 0.717) is 10.3 Å². The van der Waals surface area contributed by atoms with Gasteiger partial charge in [-0.05, 0) is 54.9 Å². The highest BCUT2D eigenvalue weighted by Gasteiger charge is 2.44. The van der Waals surface area contributed by atoms with Gasteiger partial charge in [-0.2, -0.15) is 0 Å². The van der Waals surface area contributed by atoms with Crippen LogP contribution in [-0.4, -0.2) is 104 Å². The number of piperidine rings is 1. The van der Waals surface area contributed by atoms with Crippen molar-refractivity contribution in [1.29, 1.82) is 0 Å². The van der Waals surface area contributed by atoms with Gasteiger partial charge in [0.2, 0.25) is 0 Å². The Hall–Kier alpha value is -3.16. The number of likely N-dealkylation sites (tertiary alicyclic amines) is 1. The topological polar surface area (TPSA) is 137 Å². The molecule has 12 nitrogen and oxygen atoms in total. The molecule has 4 rings (SSSR count). The van der Waals surface area contributed by atoms with E-state index in [1.807, 2.05) is 0 Å². The van der Waals surface area contributed by atoms with Crippen molar-refractivity contribution in [2.45, 2.75) is 44.8 Å². The Kier molecular flexibility index (Phi) is 9.00. The molecule has 3 heterocycles. The predicted molar refractivity (Wildman–Crippen MR) is 155 cm³/mol. The fourth-order valence-corrected chi connectivity index (χ4v) is 5.26. The van der Waals surface area contributed by atoms with Crippen LogP contribution in [0.3, 0.4) is 0 Å². The molecule has 0 atom stereocenters. The molecule has 2 N–H and O–H groups in total. The lowest BCUT2D eigenvalue weighted by atomic mass is 9.89. The third-order valence-electron chi connectivity index (χ3n) is 7.09. The van der Waals surface area contributed by atoms with Crippen molar-refractivity contribution >= 4 is 57.0 Å². The molecule has 0 saturated carbocycles. The zero-order chi connectivity index (χ0) is 30.1. The van der Waals surface area contributed by atoms with Gasteiger partial charge in [-0.1, -0.05) is 11.6 Å². The normalized spacial score (nSPS) is 17.3. The van der Waals surface area contributed by atoms with E-state index in [4.69, 9.17) is 16.3 Å². The summed E-state index contributed by atoms with van der Waals surface area (Å²) in [7, 11) is 1.70. The van der Waals surface area contributed by atoms with Gasteiger partial charge in [0.15, 0.2) is 5.82 Å². The minimum atomic E-state index is -1.57. The van der Waals surface area contributed by atoms with Gasteiger partial charge in [0, 0.05) is 64.8 Å². The van der Waals surface area contributed by atoms with Gasteiger partial charge in [-0.15, -0.1) is 0 Å². The summed E-state index contributed by atoms with van der Waals surface area (Å²) < 4.78 is 7.63. The van der Waals surface area contributed by atoms with E-state index in [0.717, 1.165) is 0 Å². The first-order chi connectivity index (χ1) is 19.2. The summed E-state index contributed by atoms with van der Waals surface area (Å²) in [6, 6.07) is 4.64. The number of hydrogen-bond acceptors (Lipinski definition) is 7. The van der Waals surface area contributed by atoms with Crippen LogP contribution >= 0.6 is 27.5 Å². The molecule has 0 aliphatic carbocycles. The van der Waals surface area contributed by atoms with Gasteiger partial charge in [0.05, 0.1) is 16.8 Å². The molecule has 1 aromatic carbocycles. The Morgan fingerprint density at radius 2 is 1.63 bits per heavy atom. The number of ether oxygens (including phenoxy) is 1. The Morgan fingerprint density at radius 1 is 1.02 bits per heavy atom. The molecule has 2 aliphatic heterocycles. The molecule has 2 fully saturated rings. The number of imidazole rings is 1. The maximum Gasteiger partial charge on any atom is 0.410 e. The monoisotopic (exact) mass is 652 g/mol. The third kappa shape index (κ3) is 7.02. The van der Waals surface area contributed by atoms with Crippen molar-refractivity contribution in [3.8, 4) is 0 Å². The van der Waals surface area contributed by atoms with E-state index >= 15 is 0 Å². The fourth-order valence-electron chi connectivity index (χ4n) is 4.73. The van der Waals surface area contributed by atoms with E-state index in [-0.39, 0.29) is 74.4 Å². The van der Waals surface area contributed by atoms with Crippen molar-refractivity contribution in [2.75, 3.05) is 44.6 Å². The summed E-state index contributed by atoms with van der Waals surface area (Å²) in [5, 5.41) is 14.0. The number of aromatic nitrogens is 2. The van der Waals surface area contributed by atoms with Crippen LogP contribution in [0.1, 0.15) is 54.6 Å². The number of aliphatic hydroxyl groups is 1. The summed E-state index contributed by atoms with van der Waals surface area (Å²) in [5.74, 6) is -0.909. The minimum Gasteiger partial charge on any atom is -0.444 e. The molecule has 2 saturated heterocycles. The third-order valence-corrected chi connectivity index (χ3v) is 8.14. The second-order valence-electron chi connectivity index (χ2n) is 11.2. The van der Waals surface area contributed by atoms with Gasteiger partial charge < -0.3 is 34.4 Å². The lowest BCUT2D eigenvalue weighted by molar-refractivity contribution is -0.157. The van der Waals surface area contributed by atoms with E-state index in [9.17, 15) is 24.3 Å². The predicted octanol–water partition coefficient (Wildman–Crippen LogP) is 3.13. The number of piperazine rings is 1. The average molecular weight is 654 g/mol. The van der Waals surface area contributed by atoms with Crippen molar-refractivity contribution in [3.63, 3.8) is 0 Å². The van der Waals surface area contributed by atoms with E-state index in [2.05, 4.69) is 26.2 Å². The number of carbonyl (C=O) groups is 4. The molecule has 0 bridgehead atoms. The molecule has 2 aromatic rings. The number of hydrogen-bond donors (Lipinski definition) is 2. The van der Waals surface area contributed by atoms with E-state index < -0.39 is 29.1 Å². The molecule has 1 aromatic heterocycles. The number of anilines is 1. The summed E-state index contributed by atoms with van der Waals surface area (Å²) in [6.07, 6.45) is 1.28. The number of amides is 4. The summed E-state index contributed by atoms with van der Waals surface area (Å²) >= 11 is 9.71. The van der Waals surface area contributed by atoms with Crippen LogP contribution in [-0.2, 0) is 16.6 Å². The fraction of sp³-hybridized carbons (Fsp3) is 0.519. The van der Waals surface area contributed by atoms with Crippen molar-refractivity contribution in [2.24, 2.45) is 7.05 Å². The van der Waals surface area contributed by atoms with Gasteiger partial charge in [0.25, 0.3) is 17.7 Å². The molecule has 4 amide bonds. The average Bonchev–Trinajstić information content (AvgIpc) is 3.25. The quantitative estimate of drug-likeness (QED) is 0.517. The second kappa shape index (κ2) is 12.0. The van der Waals surface area contributed by atoms with Crippen LogP contribution in [0.15, 0.2) is 29.0 Å². The van der Waals surface area contributed by atoms with Gasteiger partial charge in [0.1, 0.15) is 15.8 Å². The molecular weight excluding hydrogens is 620 g/mol. The van der Waals surface area contributed by atoms with Crippen LogP contribution in [0.2, 0.25) is 5.02 Å².